The van der Waals surface area contributed by atoms with Gasteiger partial charge in [0.05, 0.1) is 17.5 Å². The molecule has 0 heterocycles. The lowest BCUT2D eigenvalue weighted by atomic mass is 10.1. The summed E-state index contributed by atoms with van der Waals surface area (Å²) in [7, 11) is -3.70. The summed E-state index contributed by atoms with van der Waals surface area (Å²) >= 11 is 5.30. The summed E-state index contributed by atoms with van der Waals surface area (Å²) in [6.45, 7) is 4.57. The first kappa shape index (κ1) is 19.2. The van der Waals surface area contributed by atoms with Crippen LogP contribution in [0.2, 0.25) is 0 Å². The van der Waals surface area contributed by atoms with Gasteiger partial charge in [0.1, 0.15) is 5.75 Å². The quantitative estimate of drug-likeness (QED) is 0.668. The molecule has 0 aromatic heterocycles. The average molecular weight is 380 g/mol. The van der Waals surface area contributed by atoms with Crippen LogP contribution in [0.25, 0.3) is 0 Å². The van der Waals surface area contributed by atoms with Crippen LogP contribution in [0.5, 0.6) is 5.75 Å². The number of benzene rings is 2. The molecule has 6 nitrogen and oxygen atoms in total. The summed E-state index contributed by atoms with van der Waals surface area (Å²) in [5.74, 6) is 0.828. The van der Waals surface area contributed by atoms with Crippen LogP contribution in [0.3, 0.4) is 0 Å². The second kappa shape index (κ2) is 8.28. The normalized spacial score (nSPS) is 12.3. The van der Waals surface area contributed by atoms with Gasteiger partial charge < -0.3 is 15.4 Å². The average Bonchev–Trinajstić information content (AvgIpc) is 2.55. The van der Waals surface area contributed by atoms with E-state index in [4.69, 9.17) is 22.1 Å². The monoisotopic (exact) mass is 379 g/mol. The van der Waals surface area contributed by atoms with E-state index < -0.39 is 10.0 Å². The zero-order chi connectivity index (χ0) is 18.4. The van der Waals surface area contributed by atoms with Crippen LogP contribution >= 0.6 is 12.2 Å². The molecule has 0 aliphatic carbocycles. The number of primary sulfonamides is 1. The van der Waals surface area contributed by atoms with Crippen molar-refractivity contribution in [1.29, 1.82) is 0 Å². The van der Waals surface area contributed by atoms with Crippen molar-refractivity contribution in [3.63, 3.8) is 0 Å². The Morgan fingerprint density at radius 1 is 1.16 bits per heavy atom. The summed E-state index contributed by atoms with van der Waals surface area (Å²) in [6, 6.07) is 13.9. The molecule has 0 bridgehead atoms. The fourth-order valence-corrected chi connectivity index (χ4v) is 3.00. The molecule has 0 fully saturated rings. The number of hydrogen-bond donors (Lipinski definition) is 3. The molecule has 4 N–H and O–H groups in total. The number of nitrogens with two attached hydrogens (primary N) is 1. The maximum atomic E-state index is 11.2. The van der Waals surface area contributed by atoms with Gasteiger partial charge in [-0.2, -0.15) is 0 Å². The van der Waals surface area contributed by atoms with E-state index in [1.165, 1.54) is 12.1 Å². The highest BCUT2D eigenvalue weighted by molar-refractivity contribution is 7.89. The molecule has 1 atom stereocenters. The molecular weight excluding hydrogens is 358 g/mol. The molecule has 2 aromatic rings. The molecule has 0 radical (unpaired) electrons. The molecule has 8 heteroatoms. The van der Waals surface area contributed by atoms with Crippen molar-refractivity contribution in [2.45, 2.75) is 24.8 Å². The summed E-state index contributed by atoms with van der Waals surface area (Å²) in [4.78, 5) is 0.0553. The van der Waals surface area contributed by atoms with E-state index in [9.17, 15) is 8.42 Å². The van der Waals surface area contributed by atoms with Crippen molar-refractivity contribution in [3.05, 3.63) is 54.1 Å². The first-order chi connectivity index (χ1) is 11.8. The minimum Gasteiger partial charge on any atom is -0.494 e. The van der Waals surface area contributed by atoms with Crippen molar-refractivity contribution in [1.82, 2.24) is 5.32 Å². The van der Waals surface area contributed by atoms with Crippen LogP contribution in [-0.4, -0.2) is 20.1 Å². The Morgan fingerprint density at radius 2 is 1.76 bits per heavy atom. The van der Waals surface area contributed by atoms with E-state index in [0.29, 0.717) is 17.4 Å². The summed E-state index contributed by atoms with van der Waals surface area (Å²) in [5, 5.41) is 11.7. The topological polar surface area (TPSA) is 93.4 Å². The molecule has 134 valence electrons. The number of rotatable bonds is 6. The van der Waals surface area contributed by atoms with Crippen LogP contribution in [-0.2, 0) is 10.0 Å². The number of sulfonamides is 1. The van der Waals surface area contributed by atoms with Gasteiger partial charge >= 0.3 is 0 Å². The lowest BCUT2D eigenvalue weighted by Gasteiger charge is -2.18. The fourth-order valence-electron chi connectivity index (χ4n) is 2.19. The SMILES string of the molecule is CCOc1ccc([C@@H](C)NC(=S)Nc2ccc(S(N)(=O)=O)cc2)cc1. The standard InChI is InChI=1S/C17H21N3O3S2/c1-3-23-15-8-4-13(5-9-15)12(2)19-17(24)20-14-6-10-16(11-7-14)25(18,21)22/h4-12H,3H2,1-2H3,(H2,18,21,22)(H2,19,20,24)/t12-/m1/s1. The molecule has 0 aliphatic rings. The number of hydrogen-bond acceptors (Lipinski definition) is 4. The Balaban J connectivity index is 1.95. The molecule has 0 spiro atoms. The van der Waals surface area contributed by atoms with Gasteiger partial charge in [-0.25, -0.2) is 13.6 Å². The Hall–Kier alpha value is -2.16. The van der Waals surface area contributed by atoms with Crippen LogP contribution in [0.15, 0.2) is 53.4 Å². The predicted octanol–water partition coefficient (Wildman–Crippen LogP) is 2.78. The van der Waals surface area contributed by atoms with E-state index in [2.05, 4.69) is 10.6 Å². The number of nitrogens with one attached hydrogen (secondary N) is 2. The zero-order valence-electron chi connectivity index (χ0n) is 14.0. The Labute approximate surface area is 153 Å². The van der Waals surface area contributed by atoms with Gasteiger partial charge in [0, 0.05) is 5.69 Å². The fraction of sp³-hybridized carbons (Fsp3) is 0.235. The molecule has 0 saturated heterocycles. The second-order valence-electron chi connectivity index (χ2n) is 5.39. The molecule has 0 amide bonds. The Morgan fingerprint density at radius 3 is 2.28 bits per heavy atom. The van der Waals surface area contributed by atoms with E-state index in [1.54, 1.807) is 12.1 Å². The van der Waals surface area contributed by atoms with Gasteiger partial charge in [0.2, 0.25) is 10.0 Å². The van der Waals surface area contributed by atoms with Crippen molar-refractivity contribution in [2.75, 3.05) is 11.9 Å². The van der Waals surface area contributed by atoms with Crippen LogP contribution in [0, 0.1) is 0 Å². The molecule has 0 aliphatic heterocycles. The first-order valence-electron chi connectivity index (χ1n) is 7.72. The third-order valence-corrected chi connectivity index (χ3v) is 4.63. The van der Waals surface area contributed by atoms with Crippen LogP contribution < -0.4 is 20.5 Å². The third kappa shape index (κ3) is 5.70. The maximum Gasteiger partial charge on any atom is 0.238 e. The summed E-state index contributed by atoms with van der Waals surface area (Å²) in [6.07, 6.45) is 0. The number of thiocarbonyl (C=S) groups is 1. The number of anilines is 1. The van der Waals surface area contributed by atoms with Gasteiger partial charge in [0.25, 0.3) is 0 Å². The van der Waals surface area contributed by atoms with E-state index >= 15 is 0 Å². The van der Waals surface area contributed by atoms with Gasteiger partial charge in [-0.05, 0) is 68.0 Å². The first-order valence-corrected chi connectivity index (χ1v) is 9.68. The minimum absolute atomic E-state index is 0.000584. The van der Waals surface area contributed by atoms with Crippen LogP contribution in [0.4, 0.5) is 5.69 Å². The van der Waals surface area contributed by atoms with E-state index in [0.717, 1.165) is 11.3 Å². The van der Waals surface area contributed by atoms with E-state index in [1.807, 2.05) is 38.1 Å². The predicted molar refractivity (Wildman–Crippen MR) is 103 cm³/mol. The highest BCUT2D eigenvalue weighted by Gasteiger charge is 2.09. The van der Waals surface area contributed by atoms with Gasteiger partial charge in [-0.15, -0.1) is 0 Å². The van der Waals surface area contributed by atoms with Crippen LogP contribution in [0.1, 0.15) is 25.5 Å². The molecule has 25 heavy (non-hydrogen) atoms. The van der Waals surface area contributed by atoms with Crippen molar-refractivity contribution >= 4 is 33.0 Å². The minimum atomic E-state index is -3.70. The summed E-state index contributed by atoms with van der Waals surface area (Å²) in [5.41, 5.74) is 1.74. The van der Waals surface area contributed by atoms with Gasteiger partial charge in [-0.3, -0.25) is 0 Å². The molecule has 0 unspecified atom stereocenters. The van der Waals surface area contributed by atoms with E-state index in [-0.39, 0.29) is 10.9 Å². The largest absolute Gasteiger partial charge is 0.494 e. The Bertz CT molecular complexity index is 819. The van der Waals surface area contributed by atoms with Gasteiger partial charge in [0.15, 0.2) is 5.11 Å². The number of ether oxygens (including phenoxy) is 1. The maximum absolute atomic E-state index is 11.2. The highest BCUT2D eigenvalue weighted by Crippen LogP contribution is 2.18. The van der Waals surface area contributed by atoms with Gasteiger partial charge in [-0.1, -0.05) is 12.1 Å². The lowest BCUT2D eigenvalue weighted by molar-refractivity contribution is 0.340. The molecule has 2 aromatic carbocycles. The van der Waals surface area contributed by atoms with Crippen molar-refractivity contribution < 1.29 is 13.2 Å². The van der Waals surface area contributed by atoms with Crippen molar-refractivity contribution in [3.8, 4) is 5.75 Å². The molecule has 0 saturated carbocycles. The lowest BCUT2D eigenvalue weighted by Crippen LogP contribution is -2.30. The third-order valence-electron chi connectivity index (χ3n) is 3.48. The van der Waals surface area contributed by atoms with Crippen molar-refractivity contribution in [2.24, 2.45) is 5.14 Å². The zero-order valence-corrected chi connectivity index (χ0v) is 15.7. The second-order valence-corrected chi connectivity index (χ2v) is 7.36. The highest BCUT2D eigenvalue weighted by atomic mass is 32.2. The summed E-state index contributed by atoms with van der Waals surface area (Å²) < 4.78 is 27.9. The molecular formula is C17H21N3O3S2. The molecule has 2 rings (SSSR count). The Kier molecular flexibility index (Phi) is 6.35. The smallest absolute Gasteiger partial charge is 0.238 e.